The van der Waals surface area contributed by atoms with Gasteiger partial charge in [0.05, 0.1) is 18.8 Å². The minimum absolute atomic E-state index is 0. The Bertz CT molecular complexity index is 694. The van der Waals surface area contributed by atoms with Gasteiger partial charge in [0.1, 0.15) is 0 Å². The maximum absolute atomic E-state index is 5.35. The highest BCUT2D eigenvalue weighted by Crippen LogP contribution is 2.14. The van der Waals surface area contributed by atoms with Gasteiger partial charge in [-0.3, -0.25) is 0 Å². The van der Waals surface area contributed by atoms with E-state index in [0.29, 0.717) is 19.0 Å². The van der Waals surface area contributed by atoms with Gasteiger partial charge in [0.25, 0.3) is 0 Å². The lowest BCUT2D eigenvalue weighted by atomic mass is 10.1. The van der Waals surface area contributed by atoms with Crippen molar-refractivity contribution in [2.45, 2.75) is 53.6 Å². The largest absolute Gasteiger partial charge is 0.359 e. The highest BCUT2D eigenvalue weighted by molar-refractivity contribution is 14.0. The molecular formula is C19H29IN4O. The van der Waals surface area contributed by atoms with E-state index in [1.165, 1.54) is 16.7 Å². The Hall–Kier alpha value is -1.57. The third kappa shape index (κ3) is 6.68. The van der Waals surface area contributed by atoms with E-state index in [9.17, 15) is 0 Å². The van der Waals surface area contributed by atoms with E-state index in [2.05, 4.69) is 73.6 Å². The highest BCUT2D eigenvalue weighted by Gasteiger charge is 2.08. The number of hydrogen-bond acceptors (Lipinski definition) is 3. The Labute approximate surface area is 167 Å². The fourth-order valence-electron chi connectivity index (χ4n) is 2.38. The number of rotatable bonds is 6. The van der Waals surface area contributed by atoms with Gasteiger partial charge in [0.15, 0.2) is 11.7 Å². The van der Waals surface area contributed by atoms with Crippen LogP contribution < -0.4 is 10.6 Å². The molecule has 6 heteroatoms. The maximum Gasteiger partial charge on any atom is 0.191 e. The van der Waals surface area contributed by atoms with Crippen molar-refractivity contribution < 1.29 is 4.52 Å². The molecule has 0 aliphatic rings. The van der Waals surface area contributed by atoms with Crippen LogP contribution >= 0.6 is 24.0 Å². The van der Waals surface area contributed by atoms with E-state index >= 15 is 0 Å². The normalized spacial score (nSPS) is 11.4. The summed E-state index contributed by atoms with van der Waals surface area (Å²) in [6.45, 7) is 12.5. The van der Waals surface area contributed by atoms with Crippen molar-refractivity contribution in [1.82, 2.24) is 15.8 Å². The van der Waals surface area contributed by atoms with Crippen LogP contribution in [0.15, 0.2) is 33.8 Å². The molecule has 2 N–H and O–H groups in total. The molecule has 0 aliphatic carbocycles. The third-order valence-electron chi connectivity index (χ3n) is 3.85. The predicted octanol–water partition coefficient (Wildman–Crippen LogP) is 4.29. The van der Waals surface area contributed by atoms with Crippen LogP contribution in [0, 0.1) is 13.8 Å². The minimum atomic E-state index is 0. The molecule has 1 heterocycles. The molecule has 138 valence electrons. The Kier molecular flexibility index (Phi) is 8.96. The van der Waals surface area contributed by atoms with Crippen molar-refractivity contribution in [3.8, 4) is 0 Å². The summed E-state index contributed by atoms with van der Waals surface area (Å²) in [6, 6.07) is 8.45. The molecule has 2 rings (SSSR count). The van der Waals surface area contributed by atoms with Gasteiger partial charge in [0, 0.05) is 12.6 Å². The molecule has 1 aromatic heterocycles. The van der Waals surface area contributed by atoms with Gasteiger partial charge in [-0.2, -0.15) is 0 Å². The van der Waals surface area contributed by atoms with Gasteiger partial charge in [0.2, 0.25) is 0 Å². The number of hydrogen-bond donors (Lipinski definition) is 2. The van der Waals surface area contributed by atoms with Gasteiger partial charge < -0.3 is 15.2 Å². The first-order chi connectivity index (χ1) is 11.5. The molecule has 0 unspecified atom stereocenters. The molecular weight excluding hydrogens is 427 g/mol. The van der Waals surface area contributed by atoms with E-state index in [0.717, 1.165) is 24.0 Å². The Morgan fingerprint density at radius 3 is 2.56 bits per heavy atom. The van der Waals surface area contributed by atoms with Crippen LogP contribution in [0.3, 0.4) is 0 Å². The number of nitrogens with one attached hydrogen (secondary N) is 2. The first kappa shape index (κ1) is 21.5. The van der Waals surface area contributed by atoms with Crippen LogP contribution in [0.2, 0.25) is 0 Å². The molecule has 0 aliphatic heterocycles. The van der Waals surface area contributed by atoms with Crippen LogP contribution in [0.5, 0.6) is 0 Å². The zero-order valence-corrected chi connectivity index (χ0v) is 18.0. The maximum atomic E-state index is 5.35. The Morgan fingerprint density at radius 1 is 1.20 bits per heavy atom. The summed E-state index contributed by atoms with van der Waals surface area (Å²) in [5.41, 5.74) is 4.76. The van der Waals surface area contributed by atoms with Crippen LogP contribution in [0.1, 0.15) is 54.8 Å². The van der Waals surface area contributed by atoms with Crippen LogP contribution in [0.25, 0.3) is 0 Å². The molecule has 5 nitrogen and oxygen atoms in total. The molecule has 0 amide bonds. The molecule has 0 fully saturated rings. The molecule has 2 aromatic rings. The van der Waals surface area contributed by atoms with Gasteiger partial charge in [-0.05, 0) is 37.8 Å². The summed E-state index contributed by atoms with van der Waals surface area (Å²) >= 11 is 0. The average molecular weight is 456 g/mol. The monoisotopic (exact) mass is 456 g/mol. The summed E-state index contributed by atoms with van der Waals surface area (Å²) < 4.78 is 5.35. The summed E-state index contributed by atoms with van der Waals surface area (Å²) in [4.78, 5) is 4.66. The van der Waals surface area contributed by atoms with Crippen molar-refractivity contribution in [3.63, 3.8) is 0 Å². The van der Waals surface area contributed by atoms with Crippen molar-refractivity contribution in [2.24, 2.45) is 4.99 Å². The first-order valence-electron chi connectivity index (χ1n) is 8.53. The molecule has 0 saturated carbocycles. The molecule has 0 atom stereocenters. The fraction of sp³-hybridized carbons (Fsp3) is 0.474. The molecule has 0 bridgehead atoms. The topological polar surface area (TPSA) is 62.5 Å². The van der Waals surface area contributed by atoms with E-state index < -0.39 is 0 Å². The first-order valence-corrected chi connectivity index (χ1v) is 8.53. The van der Waals surface area contributed by atoms with Gasteiger partial charge >= 0.3 is 0 Å². The SMILES string of the molecule is CCNC(=NCc1ccc(C)cc1C)NCc1cc(C(C)C)no1.I. The predicted molar refractivity (Wildman–Crippen MR) is 114 cm³/mol. The lowest BCUT2D eigenvalue weighted by Crippen LogP contribution is -2.36. The van der Waals surface area contributed by atoms with Crippen molar-refractivity contribution >= 4 is 29.9 Å². The fourth-order valence-corrected chi connectivity index (χ4v) is 2.38. The molecule has 1 aromatic carbocycles. The summed E-state index contributed by atoms with van der Waals surface area (Å²) in [6.07, 6.45) is 0. The molecule has 0 saturated heterocycles. The summed E-state index contributed by atoms with van der Waals surface area (Å²) in [5.74, 6) is 1.96. The number of aromatic nitrogens is 1. The lowest BCUT2D eigenvalue weighted by Gasteiger charge is -2.11. The van der Waals surface area contributed by atoms with Crippen LogP contribution in [-0.2, 0) is 13.1 Å². The number of aliphatic imine (C=N–C) groups is 1. The second kappa shape index (κ2) is 10.4. The standard InChI is InChI=1S/C19H28N4O.HI/c1-6-20-19(21-11-16-8-7-14(4)9-15(16)5)22-12-17-10-18(13(2)3)23-24-17;/h7-10,13H,6,11-12H2,1-5H3,(H2,20,21,22);1H. The second-order valence-electron chi connectivity index (χ2n) is 6.35. The van der Waals surface area contributed by atoms with Gasteiger partial charge in [-0.15, -0.1) is 24.0 Å². The zero-order chi connectivity index (χ0) is 17.5. The average Bonchev–Trinajstić information content (AvgIpc) is 3.00. The summed E-state index contributed by atoms with van der Waals surface area (Å²) in [7, 11) is 0. The van der Waals surface area contributed by atoms with Crippen molar-refractivity contribution in [1.29, 1.82) is 0 Å². The molecule has 0 spiro atoms. The number of guanidine groups is 1. The number of aryl methyl sites for hydroxylation is 2. The van der Waals surface area contributed by atoms with Gasteiger partial charge in [-0.25, -0.2) is 4.99 Å². The second-order valence-corrected chi connectivity index (χ2v) is 6.35. The van der Waals surface area contributed by atoms with Crippen molar-refractivity contribution in [2.75, 3.05) is 6.54 Å². The van der Waals surface area contributed by atoms with E-state index in [1.807, 2.05) is 6.07 Å². The van der Waals surface area contributed by atoms with E-state index in [4.69, 9.17) is 4.52 Å². The number of benzene rings is 1. The Balaban J connectivity index is 0.00000312. The van der Waals surface area contributed by atoms with E-state index in [1.54, 1.807) is 0 Å². The smallest absolute Gasteiger partial charge is 0.191 e. The highest BCUT2D eigenvalue weighted by atomic mass is 127. The minimum Gasteiger partial charge on any atom is -0.359 e. The Morgan fingerprint density at radius 2 is 1.96 bits per heavy atom. The summed E-state index contributed by atoms with van der Waals surface area (Å²) in [5, 5.41) is 10.6. The number of nitrogens with zero attached hydrogens (tertiary/aromatic N) is 2. The molecule has 25 heavy (non-hydrogen) atoms. The number of halogens is 1. The lowest BCUT2D eigenvalue weighted by molar-refractivity contribution is 0.372. The van der Waals surface area contributed by atoms with Crippen LogP contribution in [0.4, 0.5) is 0 Å². The van der Waals surface area contributed by atoms with E-state index in [-0.39, 0.29) is 24.0 Å². The zero-order valence-electron chi connectivity index (χ0n) is 15.7. The van der Waals surface area contributed by atoms with Crippen molar-refractivity contribution in [3.05, 3.63) is 52.4 Å². The third-order valence-corrected chi connectivity index (χ3v) is 3.85. The quantitative estimate of drug-likeness (QED) is 0.387. The van der Waals surface area contributed by atoms with Crippen LogP contribution in [-0.4, -0.2) is 17.7 Å². The molecule has 0 radical (unpaired) electrons. The van der Waals surface area contributed by atoms with Gasteiger partial charge in [-0.1, -0.05) is 42.8 Å².